The zero-order valence-corrected chi connectivity index (χ0v) is 6.42. The molecule has 0 aromatic carbocycles. The number of nitrogens with zero attached hydrogens (tertiary/aromatic N) is 2. The quantitative estimate of drug-likeness (QED) is 0.563. The van der Waals surface area contributed by atoms with Crippen LogP contribution in [0.1, 0.15) is 10.6 Å². The number of carbonyl (C=O) groups excluding carboxylic acids is 1. The minimum Gasteiger partial charge on any atom is -0.437 e. The van der Waals surface area contributed by atoms with E-state index in [0.29, 0.717) is 0 Å². The van der Waals surface area contributed by atoms with E-state index in [-0.39, 0.29) is 10.8 Å². The van der Waals surface area contributed by atoms with Crippen LogP contribution in [-0.4, -0.2) is 21.4 Å². The fourth-order valence-electron chi connectivity index (χ4n) is 0.891. The SMILES string of the molecule is CS1(=O)=NC(=O)c2ocnc21. The van der Waals surface area contributed by atoms with Crippen molar-refractivity contribution >= 4 is 15.6 Å². The zero-order valence-electron chi connectivity index (χ0n) is 5.60. The minimum atomic E-state index is -2.59. The predicted molar refractivity (Wildman–Crippen MR) is 35.6 cm³/mol. The molecular weight excluding hydrogens is 168 g/mol. The van der Waals surface area contributed by atoms with E-state index in [4.69, 9.17) is 4.42 Å². The highest BCUT2D eigenvalue weighted by Gasteiger charge is 2.30. The maximum Gasteiger partial charge on any atom is 0.324 e. The molecule has 0 fully saturated rings. The Labute approximate surface area is 62.6 Å². The van der Waals surface area contributed by atoms with Gasteiger partial charge in [-0.1, -0.05) is 0 Å². The van der Waals surface area contributed by atoms with Crippen LogP contribution < -0.4 is 0 Å². The molecule has 0 spiro atoms. The summed E-state index contributed by atoms with van der Waals surface area (Å²) in [7, 11) is -2.59. The van der Waals surface area contributed by atoms with Gasteiger partial charge in [0.25, 0.3) is 0 Å². The van der Waals surface area contributed by atoms with Crippen LogP contribution in [0.25, 0.3) is 0 Å². The van der Waals surface area contributed by atoms with Crippen LogP contribution in [0.3, 0.4) is 0 Å². The summed E-state index contributed by atoms with van der Waals surface area (Å²) in [6, 6.07) is 0. The van der Waals surface area contributed by atoms with E-state index in [2.05, 4.69) is 9.35 Å². The molecule has 2 rings (SSSR count). The van der Waals surface area contributed by atoms with E-state index < -0.39 is 15.6 Å². The first-order chi connectivity index (χ1) is 5.11. The van der Waals surface area contributed by atoms with Crippen LogP contribution in [-0.2, 0) is 9.73 Å². The summed E-state index contributed by atoms with van der Waals surface area (Å²) < 4.78 is 19.4. The molecule has 1 aliphatic heterocycles. The van der Waals surface area contributed by atoms with Gasteiger partial charge in [0.15, 0.2) is 11.4 Å². The highest BCUT2D eigenvalue weighted by atomic mass is 32.2. The Kier molecular flexibility index (Phi) is 1.01. The number of aromatic nitrogens is 1. The summed E-state index contributed by atoms with van der Waals surface area (Å²) in [5, 5.41) is 0.169. The van der Waals surface area contributed by atoms with Crippen LogP contribution in [0, 0.1) is 0 Å². The Bertz CT molecular complexity index is 438. The maximum absolute atomic E-state index is 11.4. The van der Waals surface area contributed by atoms with Gasteiger partial charge in [-0.05, 0) is 0 Å². The summed E-state index contributed by atoms with van der Waals surface area (Å²) in [4.78, 5) is 14.5. The number of rotatable bonds is 0. The molecule has 5 nitrogen and oxygen atoms in total. The second-order valence-electron chi connectivity index (χ2n) is 2.19. The molecule has 0 radical (unpaired) electrons. The topological polar surface area (TPSA) is 72.5 Å². The maximum atomic E-state index is 11.4. The van der Waals surface area contributed by atoms with Crippen molar-refractivity contribution in [1.29, 1.82) is 0 Å². The van der Waals surface area contributed by atoms with Crippen LogP contribution >= 0.6 is 0 Å². The fraction of sp³-hybridized carbons (Fsp3) is 0.200. The Hall–Kier alpha value is -1.17. The summed E-state index contributed by atoms with van der Waals surface area (Å²) in [5.41, 5.74) is 0. The van der Waals surface area contributed by atoms with E-state index in [0.717, 1.165) is 6.39 Å². The molecule has 1 aliphatic rings. The van der Waals surface area contributed by atoms with Gasteiger partial charge in [0.1, 0.15) is 9.73 Å². The lowest BCUT2D eigenvalue weighted by molar-refractivity contribution is 0.0979. The molecule has 6 heteroatoms. The Balaban J connectivity index is 2.89. The Morgan fingerprint density at radius 2 is 2.36 bits per heavy atom. The average Bonchev–Trinajstić information content (AvgIpc) is 2.37. The molecule has 1 unspecified atom stereocenters. The highest BCUT2D eigenvalue weighted by molar-refractivity contribution is 7.93. The van der Waals surface area contributed by atoms with Crippen molar-refractivity contribution in [3.05, 3.63) is 12.2 Å². The summed E-state index contributed by atoms with van der Waals surface area (Å²) >= 11 is 0. The second kappa shape index (κ2) is 1.70. The van der Waals surface area contributed by atoms with Crippen molar-refractivity contribution in [2.45, 2.75) is 5.03 Å². The number of hydrogen-bond donors (Lipinski definition) is 0. The monoisotopic (exact) mass is 172 g/mol. The molecule has 1 aromatic rings. The van der Waals surface area contributed by atoms with E-state index in [9.17, 15) is 9.00 Å². The van der Waals surface area contributed by atoms with Gasteiger partial charge in [-0.25, -0.2) is 9.19 Å². The van der Waals surface area contributed by atoms with Crippen molar-refractivity contribution in [3.63, 3.8) is 0 Å². The van der Waals surface area contributed by atoms with Gasteiger partial charge >= 0.3 is 5.91 Å². The molecule has 11 heavy (non-hydrogen) atoms. The summed E-state index contributed by atoms with van der Waals surface area (Å²) in [5.74, 6) is -0.567. The number of oxazole rings is 1. The van der Waals surface area contributed by atoms with Crippen LogP contribution in [0.5, 0.6) is 0 Å². The lowest BCUT2D eigenvalue weighted by atomic mass is 10.5. The second-order valence-corrected chi connectivity index (χ2v) is 4.36. The van der Waals surface area contributed by atoms with Crippen molar-refractivity contribution in [1.82, 2.24) is 4.98 Å². The van der Waals surface area contributed by atoms with E-state index in [1.165, 1.54) is 6.26 Å². The average molecular weight is 172 g/mol. The lowest BCUT2D eigenvalue weighted by Gasteiger charge is -1.86. The molecule has 2 heterocycles. The summed E-state index contributed by atoms with van der Waals surface area (Å²) in [6.07, 6.45) is 2.46. The predicted octanol–water partition coefficient (Wildman–Crippen LogP) is 0.285. The van der Waals surface area contributed by atoms with Gasteiger partial charge in [-0.3, -0.25) is 4.79 Å². The van der Waals surface area contributed by atoms with Gasteiger partial charge in [0.05, 0.1) is 0 Å². The minimum absolute atomic E-state index is 0.0116. The standard InChI is InChI=1S/C5H4N2O3S/c1-11(9)5-3(4(8)7-11)10-2-6-5/h2H,1H3. The smallest absolute Gasteiger partial charge is 0.324 e. The molecule has 0 saturated carbocycles. The Morgan fingerprint density at radius 3 is 3.00 bits per heavy atom. The van der Waals surface area contributed by atoms with Gasteiger partial charge < -0.3 is 4.42 Å². The molecule has 0 aliphatic carbocycles. The number of fused-ring (bicyclic) bond motifs is 1. The fourth-order valence-corrected chi connectivity index (χ4v) is 2.09. The molecular formula is C5H4N2O3S. The van der Waals surface area contributed by atoms with E-state index in [1.54, 1.807) is 0 Å². The Morgan fingerprint density at radius 1 is 1.64 bits per heavy atom. The van der Waals surface area contributed by atoms with E-state index in [1.807, 2.05) is 0 Å². The van der Waals surface area contributed by atoms with Crippen molar-refractivity contribution in [3.8, 4) is 0 Å². The number of hydrogen-bond acceptors (Lipinski definition) is 4. The lowest BCUT2D eigenvalue weighted by Crippen LogP contribution is -1.93. The van der Waals surface area contributed by atoms with Gasteiger partial charge in [0, 0.05) is 6.26 Å². The van der Waals surface area contributed by atoms with Crippen molar-refractivity contribution < 1.29 is 13.4 Å². The van der Waals surface area contributed by atoms with Crippen LogP contribution in [0.4, 0.5) is 0 Å². The molecule has 0 N–H and O–H groups in total. The molecule has 1 aromatic heterocycles. The number of carbonyl (C=O) groups is 1. The zero-order chi connectivity index (χ0) is 8.06. The molecule has 1 atom stereocenters. The normalized spacial score (nSPS) is 28.3. The molecule has 1 amide bonds. The summed E-state index contributed by atoms with van der Waals surface area (Å²) in [6.45, 7) is 0. The van der Waals surface area contributed by atoms with Crippen molar-refractivity contribution in [2.75, 3.05) is 6.26 Å². The van der Waals surface area contributed by atoms with E-state index >= 15 is 0 Å². The van der Waals surface area contributed by atoms with Gasteiger partial charge in [-0.2, -0.15) is 0 Å². The number of amides is 1. The molecule has 58 valence electrons. The third-order valence-corrected chi connectivity index (χ3v) is 2.87. The molecule has 0 bridgehead atoms. The molecule has 0 saturated heterocycles. The first-order valence-electron chi connectivity index (χ1n) is 2.81. The van der Waals surface area contributed by atoms with Crippen LogP contribution in [0.2, 0.25) is 0 Å². The largest absolute Gasteiger partial charge is 0.437 e. The third kappa shape index (κ3) is 0.725. The highest BCUT2D eigenvalue weighted by Crippen LogP contribution is 2.23. The third-order valence-electron chi connectivity index (χ3n) is 1.34. The van der Waals surface area contributed by atoms with Gasteiger partial charge in [-0.15, -0.1) is 4.36 Å². The first kappa shape index (κ1) is 6.53. The van der Waals surface area contributed by atoms with Gasteiger partial charge in [0.2, 0.25) is 5.76 Å². The van der Waals surface area contributed by atoms with Crippen LogP contribution in [0.15, 0.2) is 20.2 Å². The first-order valence-corrected chi connectivity index (χ1v) is 4.73. The van der Waals surface area contributed by atoms with Crippen molar-refractivity contribution in [2.24, 2.45) is 4.36 Å².